The van der Waals surface area contributed by atoms with Crippen molar-refractivity contribution in [1.82, 2.24) is 0 Å². The number of carbonyl (C=O) groups is 1. The van der Waals surface area contributed by atoms with Gasteiger partial charge in [0.1, 0.15) is 6.42 Å². The normalized spacial score (nSPS) is 22.4. The molecule has 0 aromatic rings. The summed E-state index contributed by atoms with van der Waals surface area (Å²) in [6.07, 6.45) is -9.04. The molecule has 2 bridgehead atoms. The zero-order valence-corrected chi connectivity index (χ0v) is 14.9. The molecular formula is C17H15F11O2. The fraction of sp³-hybridized carbons (Fsp3) is 0.706. The van der Waals surface area contributed by atoms with Crippen molar-refractivity contribution in [3.05, 3.63) is 23.8 Å². The van der Waals surface area contributed by atoms with Crippen molar-refractivity contribution in [2.24, 2.45) is 11.8 Å². The minimum Gasteiger partial charge on any atom is -0.456 e. The molecule has 172 valence electrons. The maximum atomic E-state index is 13.7. The van der Waals surface area contributed by atoms with Gasteiger partial charge in [-0.2, -0.15) is 48.3 Å². The van der Waals surface area contributed by atoms with Crippen molar-refractivity contribution in [1.29, 1.82) is 0 Å². The van der Waals surface area contributed by atoms with Crippen molar-refractivity contribution in [2.75, 3.05) is 6.61 Å². The van der Waals surface area contributed by atoms with E-state index in [0.29, 0.717) is 6.42 Å². The number of hydrogen-bond acceptors (Lipinski definition) is 2. The van der Waals surface area contributed by atoms with Crippen molar-refractivity contribution < 1.29 is 57.8 Å². The van der Waals surface area contributed by atoms with E-state index in [4.69, 9.17) is 0 Å². The third kappa shape index (κ3) is 5.26. The number of allylic oxidation sites excluding steroid dienone is 3. The first-order valence-electron chi connectivity index (χ1n) is 8.52. The number of alkyl halides is 11. The Balaban J connectivity index is 1.95. The average Bonchev–Trinajstić information content (AvgIpc) is 3.19. The number of esters is 1. The first kappa shape index (κ1) is 24.4. The highest BCUT2D eigenvalue weighted by Gasteiger charge is 2.64. The number of fused-ring (bicyclic) bond motifs is 2. The number of rotatable bonds is 9. The Morgan fingerprint density at radius 1 is 0.833 bits per heavy atom. The molecule has 30 heavy (non-hydrogen) atoms. The second-order valence-corrected chi connectivity index (χ2v) is 7.20. The minimum absolute atomic E-state index is 0.0278. The molecule has 0 amide bonds. The molecule has 2 atom stereocenters. The van der Waals surface area contributed by atoms with E-state index in [9.17, 15) is 53.1 Å². The summed E-state index contributed by atoms with van der Waals surface area (Å²) in [4.78, 5) is 11.8. The predicted molar refractivity (Wildman–Crippen MR) is 79.5 cm³/mol. The lowest BCUT2D eigenvalue weighted by Crippen LogP contribution is -2.48. The molecule has 13 heteroatoms. The topological polar surface area (TPSA) is 26.3 Å². The molecule has 0 aliphatic heterocycles. The van der Waals surface area contributed by atoms with Gasteiger partial charge in [0.2, 0.25) is 0 Å². The summed E-state index contributed by atoms with van der Waals surface area (Å²) in [5.41, 5.74) is -0.0278. The van der Waals surface area contributed by atoms with Crippen molar-refractivity contribution in [3.63, 3.8) is 0 Å². The fourth-order valence-electron chi connectivity index (χ4n) is 3.06. The van der Waals surface area contributed by atoms with E-state index in [0.717, 1.165) is 0 Å². The summed E-state index contributed by atoms with van der Waals surface area (Å²) in [7, 11) is 0. The molecule has 2 aliphatic rings. The number of hydrogen-bond donors (Lipinski definition) is 0. The van der Waals surface area contributed by atoms with Crippen LogP contribution in [0.25, 0.3) is 0 Å². The van der Waals surface area contributed by atoms with E-state index in [-0.39, 0.29) is 11.5 Å². The van der Waals surface area contributed by atoms with Gasteiger partial charge in [-0.3, -0.25) is 0 Å². The third-order valence-corrected chi connectivity index (χ3v) is 4.78. The Labute approximate surface area is 162 Å². The molecule has 0 saturated heterocycles. The van der Waals surface area contributed by atoms with Gasteiger partial charge in [0.25, 0.3) is 0 Å². The Kier molecular flexibility index (Phi) is 6.28. The average molecular weight is 460 g/mol. The minimum atomic E-state index is -5.77. The molecule has 0 fully saturated rings. The summed E-state index contributed by atoms with van der Waals surface area (Å²) in [5, 5.41) is 0. The van der Waals surface area contributed by atoms with Gasteiger partial charge in [-0.1, -0.05) is 18.2 Å². The lowest BCUT2D eigenvalue weighted by atomic mass is 9.98. The van der Waals surface area contributed by atoms with E-state index < -0.39 is 67.6 Å². The van der Waals surface area contributed by atoms with E-state index in [1.165, 1.54) is 6.08 Å². The van der Waals surface area contributed by atoms with Crippen molar-refractivity contribution in [3.8, 4) is 0 Å². The van der Waals surface area contributed by atoms with E-state index >= 15 is 0 Å². The van der Waals surface area contributed by atoms with Gasteiger partial charge in [0.15, 0.2) is 6.61 Å². The first-order valence-corrected chi connectivity index (χ1v) is 8.52. The molecule has 2 nitrogen and oxygen atoms in total. The summed E-state index contributed by atoms with van der Waals surface area (Å²) in [6.45, 7) is -2.22. The van der Waals surface area contributed by atoms with Crippen LogP contribution in [0.2, 0.25) is 0 Å². The quantitative estimate of drug-likeness (QED) is 0.242. The molecule has 2 aliphatic carbocycles. The smallest absolute Gasteiger partial charge is 0.395 e. The zero-order valence-electron chi connectivity index (χ0n) is 14.9. The van der Waals surface area contributed by atoms with Crippen LogP contribution < -0.4 is 0 Å². The second-order valence-electron chi connectivity index (χ2n) is 7.20. The van der Waals surface area contributed by atoms with Crippen LogP contribution in [-0.2, 0) is 9.53 Å². The predicted octanol–water partition coefficient (Wildman–Crippen LogP) is 5.94. The van der Waals surface area contributed by atoms with Crippen LogP contribution in [0.5, 0.6) is 0 Å². The standard InChI is InChI=1S/C17H15F11O2/c18-13(19,15(22,23)7-17(26,27)28)3-4-14(20,21)16(24,25)8-30-12(29)11-6-9-1-2-10(11)5-9/h1-2,6,9-10H,3-5,7-8H2. The molecule has 0 N–H and O–H groups in total. The summed E-state index contributed by atoms with van der Waals surface area (Å²) >= 11 is 0. The highest BCUT2D eigenvalue weighted by molar-refractivity contribution is 5.90. The number of ether oxygens (including phenoxy) is 1. The Morgan fingerprint density at radius 3 is 1.80 bits per heavy atom. The highest BCUT2D eigenvalue weighted by Crippen LogP contribution is 2.48. The van der Waals surface area contributed by atoms with Crippen molar-refractivity contribution >= 4 is 5.97 Å². The van der Waals surface area contributed by atoms with Crippen LogP contribution in [0.1, 0.15) is 25.7 Å². The van der Waals surface area contributed by atoms with Crippen molar-refractivity contribution in [2.45, 2.75) is 55.5 Å². The lowest BCUT2D eigenvalue weighted by Gasteiger charge is -2.31. The SMILES string of the molecule is O=C(OCC(F)(F)C(F)(F)CCC(F)(F)C(F)(F)CC(F)(F)F)C1=CC2C=CC1C2. The van der Waals surface area contributed by atoms with Crippen LogP contribution in [0.3, 0.4) is 0 Å². The molecule has 0 spiro atoms. The summed E-state index contributed by atoms with van der Waals surface area (Å²) < 4.78 is 148. The molecule has 2 rings (SSSR count). The monoisotopic (exact) mass is 460 g/mol. The Hall–Kier alpha value is -1.82. The Bertz CT molecular complexity index is 722. The molecule has 0 heterocycles. The van der Waals surface area contributed by atoms with Gasteiger partial charge in [-0.15, -0.1) is 0 Å². The second kappa shape index (κ2) is 7.70. The van der Waals surface area contributed by atoms with Gasteiger partial charge in [-0.25, -0.2) is 4.79 Å². The van der Waals surface area contributed by atoms with Crippen LogP contribution in [0, 0.1) is 11.8 Å². The van der Waals surface area contributed by atoms with Crippen LogP contribution >= 0.6 is 0 Å². The molecule has 0 aromatic carbocycles. The van der Waals surface area contributed by atoms with Gasteiger partial charge in [0.05, 0.1) is 0 Å². The maximum absolute atomic E-state index is 13.7. The van der Waals surface area contributed by atoms with Gasteiger partial charge < -0.3 is 4.74 Å². The fourth-order valence-corrected chi connectivity index (χ4v) is 3.06. The lowest BCUT2D eigenvalue weighted by molar-refractivity contribution is -0.277. The Morgan fingerprint density at radius 2 is 1.37 bits per heavy atom. The van der Waals surface area contributed by atoms with Crippen LogP contribution in [-0.4, -0.2) is 42.4 Å². The van der Waals surface area contributed by atoms with Gasteiger partial charge in [-0.05, 0) is 12.3 Å². The number of carbonyl (C=O) groups excluding carboxylic acids is 1. The highest BCUT2D eigenvalue weighted by atomic mass is 19.4. The van der Waals surface area contributed by atoms with E-state index in [1.54, 1.807) is 12.2 Å². The third-order valence-electron chi connectivity index (χ3n) is 4.78. The van der Waals surface area contributed by atoms with Crippen LogP contribution in [0.15, 0.2) is 23.8 Å². The maximum Gasteiger partial charge on any atom is 0.395 e. The summed E-state index contributed by atoms with van der Waals surface area (Å²) in [6, 6.07) is 0. The summed E-state index contributed by atoms with van der Waals surface area (Å²) in [5.74, 6) is -23.8. The first-order chi connectivity index (χ1) is 13.4. The van der Waals surface area contributed by atoms with Gasteiger partial charge >= 0.3 is 35.8 Å². The van der Waals surface area contributed by atoms with Crippen LogP contribution in [0.4, 0.5) is 48.3 Å². The largest absolute Gasteiger partial charge is 0.456 e. The molecular weight excluding hydrogens is 445 g/mol. The van der Waals surface area contributed by atoms with Gasteiger partial charge in [0, 0.05) is 24.3 Å². The number of halogens is 11. The molecule has 0 radical (unpaired) electrons. The van der Waals surface area contributed by atoms with E-state index in [2.05, 4.69) is 4.74 Å². The molecule has 0 aromatic heterocycles. The van der Waals surface area contributed by atoms with E-state index in [1.807, 2.05) is 0 Å². The zero-order chi connectivity index (χ0) is 23.2. The molecule has 0 saturated carbocycles. The molecule has 2 unspecified atom stereocenters.